The molecule has 1 aromatic rings. The van der Waals surface area contributed by atoms with Gasteiger partial charge in [-0.2, -0.15) is 0 Å². The molecule has 0 saturated carbocycles. The van der Waals surface area contributed by atoms with Crippen molar-refractivity contribution in [3.8, 4) is 0 Å². The number of carbonyl (C=O) groups is 1. The third-order valence-electron chi connectivity index (χ3n) is 2.11. The molecule has 1 nitrogen and oxygen atoms in total. The molecule has 0 aliphatic heterocycles. The van der Waals surface area contributed by atoms with Crippen LogP contribution in [0.5, 0.6) is 0 Å². The van der Waals surface area contributed by atoms with Crippen LogP contribution in [0, 0.1) is 0 Å². The van der Waals surface area contributed by atoms with Gasteiger partial charge >= 0.3 is 0 Å². The van der Waals surface area contributed by atoms with E-state index in [1.165, 1.54) is 0 Å². The van der Waals surface area contributed by atoms with Gasteiger partial charge in [-0.3, -0.25) is 4.79 Å². The van der Waals surface area contributed by atoms with E-state index < -0.39 is 0 Å². The van der Waals surface area contributed by atoms with Gasteiger partial charge in [-0.25, -0.2) is 0 Å². The van der Waals surface area contributed by atoms with Crippen LogP contribution in [0.4, 0.5) is 0 Å². The summed E-state index contributed by atoms with van der Waals surface area (Å²) in [5, 5.41) is 0. The largest absolute Gasteiger partial charge is 0.294 e. The first-order valence-electron chi connectivity index (χ1n) is 5.04. The normalized spacial score (nSPS) is 10.6. The number of hydrogen-bond acceptors (Lipinski definition) is 1. The maximum absolute atomic E-state index is 11.6. The van der Waals surface area contributed by atoms with Crippen molar-refractivity contribution in [3.63, 3.8) is 0 Å². The third kappa shape index (κ3) is 3.56. The van der Waals surface area contributed by atoms with E-state index in [9.17, 15) is 4.79 Å². The molecule has 0 heterocycles. The van der Waals surface area contributed by atoms with Crippen molar-refractivity contribution in [3.05, 3.63) is 48.0 Å². The molecule has 0 saturated heterocycles. The predicted molar refractivity (Wildman–Crippen MR) is 59.4 cm³/mol. The Bertz CT molecular complexity index is 298. The number of hydrogen-bond donors (Lipinski definition) is 0. The van der Waals surface area contributed by atoms with Gasteiger partial charge in [0.25, 0.3) is 0 Å². The number of ketones is 1. The van der Waals surface area contributed by atoms with E-state index in [2.05, 4.69) is 6.08 Å². The summed E-state index contributed by atoms with van der Waals surface area (Å²) in [4.78, 5) is 11.6. The zero-order valence-corrected chi connectivity index (χ0v) is 8.57. The second kappa shape index (κ2) is 6.14. The molecule has 74 valence electrons. The van der Waals surface area contributed by atoms with Crippen LogP contribution in [-0.2, 0) is 0 Å². The van der Waals surface area contributed by atoms with Crippen LogP contribution in [0.2, 0.25) is 0 Å². The minimum Gasteiger partial charge on any atom is -0.294 e. The quantitative estimate of drug-likeness (QED) is 0.392. The first-order chi connectivity index (χ1) is 6.84. The molecule has 0 aromatic heterocycles. The Balaban J connectivity index is 2.36. The average molecular weight is 188 g/mol. The summed E-state index contributed by atoms with van der Waals surface area (Å²) in [7, 11) is 0. The van der Waals surface area contributed by atoms with Gasteiger partial charge in [-0.15, -0.1) is 0 Å². The summed E-state index contributed by atoms with van der Waals surface area (Å²) in [6.45, 7) is 2.00. The smallest absolute Gasteiger partial charge is 0.162 e. The lowest BCUT2D eigenvalue weighted by Crippen LogP contribution is -1.97. The topological polar surface area (TPSA) is 17.1 Å². The Morgan fingerprint density at radius 2 is 2.00 bits per heavy atom. The van der Waals surface area contributed by atoms with Crippen molar-refractivity contribution in [1.82, 2.24) is 0 Å². The fourth-order valence-corrected chi connectivity index (χ4v) is 1.32. The van der Waals surface area contributed by atoms with Gasteiger partial charge in [0, 0.05) is 12.0 Å². The van der Waals surface area contributed by atoms with Gasteiger partial charge in [-0.05, 0) is 19.8 Å². The van der Waals surface area contributed by atoms with E-state index in [4.69, 9.17) is 0 Å². The molecule has 0 unspecified atom stereocenters. The highest BCUT2D eigenvalue weighted by Gasteiger charge is 2.02. The second-order valence-electron chi connectivity index (χ2n) is 3.25. The van der Waals surface area contributed by atoms with E-state index >= 15 is 0 Å². The Labute approximate surface area is 85.5 Å². The first kappa shape index (κ1) is 10.7. The molecular formula is C13H16O. The van der Waals surface area contributed by atoms with Crippen molar-refractivity contribution >= 4 is 5.78 Å². The van der Waals surface area contributed by atoms with Gasteiger partial charge < -0.3 is 0 Å². The van der Waals surface area contributed by atoms with Crippen molar-refractivity contribution in [1.29, 1.82) is 0 Å². The van der Waals surface area contributed by atoms with Gasteiger partial charge in [0.2, 0.25) is 0 Å². The SMILES string of the molecule is C/C=C\CCCC(=O)c1ccccc1. The minimum atomic E-state index is 0.245. The molecule has 0 bridgehead atoms. The number of rotatable bonds is 5. The van der Waals surface area contributed by atoms with Crippen LogP contribution >= 0.6 is 0 Å². The van der Waals surface area contributed by atoms with Crippen LogP contribution in [-0.4, -0.2) is 5.78 Å². The number of carbonyl (C=O) groups excluding carboxylic acids is 1. The maximum Gasteiger partial charge on any atom is 0.162 e. The maximum atomic E-state index is 11.6. The summed E-state index contributed by atoms with van der Waals surface area (Å²) in [6.07, 6.45) is 6.70. The second-order valence-corrected chi connectivity index (χ2v) is 3.25. The Morgan fingerprint density at radius 1 is 1.29 bits per heavy atom. The van der Waals surface area contributed by atoms with Crippen LogP contribution < -0.4 is 0 Å². The number of allylic oxidation sites excluding steroid dienone is 2. The van der Waals surface area contributed by atoms with Gasteiger partial charge in [-0.1, -0.05) is 42.5 Å². The highest BCUT2D eigenvalue weighted by molar-refractivity contribution is 5.95. The summed E-state index contributed by atoms with van der Waals surface area (Å²) in [6, 6.07) is 9.48. The third-order valence-corrected chi connectivity index (χ3v) is 2.11. The van der Waals surface area contributed by atoms with Gasteiger partial charge in [0.1, 0.15) is 0 Å². The Hall–Kier alpha value is -1.37. The molecule has 0 amide bonds. The molecule has 0 fully saturated rings. The average Bonchev–Trinajstić information content (AvgIpc) is 2.25. The lowest BCUT2D eigenvalue weighted by Gasteiger charge is -1.98. The van der Waals surface area contributed by atoms with Crippen LogP contribution in [0.1, 0.15) is 36.5 Å². The highest BCUT2D eigenvalue weighted by Crippen LogP contribution is 2.06. The molecule has 1 rings (SSSR count). The van der Waals surface area contributed by atoms with Crippen LogP contribution in [0.15, 0.2) is 42.5 Å². The molecule has 0 aliphatic carbocycles. The van der Waals surface area contributed by atoms with E-state index in [-0.39, 0.29) is 5.78 Å². The van der Waals surface area contributed by atoms with Gasteiger partial charge in [0.15, 0.2) is 5.78 Å². The molecule has 0 N–H and O–H groups in total. The van der Waals surface area contributed by atoms with E-state index in [1.807, 2.05) is 43.3 Å². The fraction of sp³-hybridized carbons (Fsp3) is 0.308. The first-order valence-corrected chi connectivity index (χ1v) is 5.04. The summed E-state index contributed by atoms with van der Waals surface area (Å²) < 4.78 is 0. The van der Waals surface area contributed by atoms with Gasteiger partial charge in [0.05, 0.1) is 0 Å². The zero-order chi connectivity index (χ0) is 10.2. The van der Waals surface area contributed by atoms with E-state index in [0.717, 1.165) is 18.4 Å². The van der Waals surface area contributed by atoms with Crippen molar-refractivity contribution in [2.24, 2.45) is 0 Å². The molecule has 1 heteroatoms. The number of benzene rings is 1. The monoisotopic (exact) mass is 188 g/mol. The highest BCUT2D eigenvalue weighted by atomic mass is 16.1. The van der Waals surface area contributed by atoms with Crippen LogP contribution in [0.3, 0.4) is 0 Å². The number of Topliss-reactive ketones (excluding diaryl/α,β-unsaturated/α-hetero) is 1. The molecule has 0 spiro atoms. The molecular weight excluding hydrogens is 172 g/mol. The van der Waals surface area contributed by atoms with Crippen molar-refractivity contribution < 1.29 is 4.79 Å². The summed E-state index contributed by atoms with van der Waals surface area (Å²) in [5.41, 5.74) is 0.827. The molecule has 14 heavy (non-hydrogen) atoms. The molecule has 0 radical (unpaired) electrons. The molecule has 1 aromatic carbocycles. The van der Waals surface area contributed by atoms with Crippen molar-refractivity contribution in [2.75, 3.05) is 0 Å². The van der Waals surface area contributed by atoms with Crippen molar-refractivity contribution in [2.45, 2.75) is 26.2 Å². The standard InChI is InChI=1S/C13H16O/c1-2-3-4-8-11-13(14)12-9-6-5-7-10-12/h2-3,5-7,9-10H,4,8,11H2,1H3/b3-2-. The summed E-state index contributed by atoms with van der Waals surface area (Å²) in [5.74, 6) is 0.245. The van der Waals surface area contributed by atoms with E-state index in [0.29, 0.717) is 6.42 Å². The fourth-order valence-electron chi connectivity index (χ4n) is 1.32. The lowest BCUT2D eigenvalue weighted by molar-refractivity contribution is 0.0980. The predicted octanol–water partition coefficient (Wildman–Crippen LogP) is 3.62. The Morgan fingerprint density at radius 3 is 2.64 bits per heavy atom. The Kier molecular flexibility index (Phi) is 4.70. The van der Waals surface area contributed by atoms with E-state index in [1.54, 1.807) is 0 Å². The molecule has 0 aliphatic rings. The number of unbranched alkanes of at least 4 members (excludes halogenated alkanes) is 1. The summed E-state index contributed by atoms with van der Waals surface area (Å²) >= 11 is 0. The lowest BCUT2D eigenvalue weighted by atomic mass is 10.1. The molecule has 0 atom stereocenters. The van der Waals surface area contributed by atoms with Crippen LogP contribution in [0.25, 0.3) is 0 Å². The minimum absolute atomic E-state index is 0.245. The zero-order valence-electron chi connectivity index (χ0n) is 8.57.